The fraction of sp³-hybridized carbons (Fsp3) is 0.200. The van der Waals surface area contributed by atoms with Gasteiger partial charge in [0, 0.05) is 6.07 Å². The lowest BCUT2D eigenvalue weighted by atomic mass is 10.1. The zero-order chi connectivity index (χ0) is 11.4. The molecule has 15 heavy (non-hydrogen) atoms. The normalized spacial score (nSPS) is 9.20. The Bertz CT molecular complexity index is 437. The number of nitrogens with zero attached hydrogens (tertiary/aromatic N) is 1. The van der Waals surface area contributed by atoms with Gasteiger partial charge in [0.15, 0.2) is 0 Å². The molecule has 0 saturated heterocycles. The van der Waals surface area contributed by atoms with E-state index in [0.29, 0.717) is 0 Å². The van der Waals surface area contributed by atoms with Crippen LogP contribution in [0.25, 0.3) is 0 Å². The highest BCUT2D eigenvalue weighted by Gasteiger charge is 2.19. The van der Waals surface area contributed by atoms with E-state index >= 15 is 0 Å². The standard InChI is InChI=1S/C10H8FNO3/c1-14-7-3-6(5-12)9(8(11)4-7)10(13)15-2/h3-4H,1-2H3. The van der Waals surface area contributed by atoms with Gasteiger partial charge in [-0.25, -0.2) is 9.18 Å². The fourth-order valence-corrected chi connectivity index (χ4v) is 1.10. The largest absolute Gasteiger partial charge is 0.497 e. The molecule has 78 valence electrons. The molecule has 0 heterocycles. The summed E-state index contributed by atoms with van der Waals surface area (Å²) in [6.07, 6.45) is 0. The van der Waals surface area contributed by atoms with Gasteiger partial charge in [0.25, 0.3) is 0 Å². The van der Waals surface area contributed by atoms with Gasteiger partial charge in [0.1, 0.15) is 23.2 Å². The van der Waals surface area contributed by atoms with Crippen LogP contribution in [0.4, 0.5) is 4.39 Å². The number of ether oxygens (including phenoxy) is 2. The summed E-state index contributed by atoms with van der Waals surface area (Å²) >= 11 is 0. The van der Waals surface area contributed by atoms with Gasteiger partial charge in [0.05, 0.1) is 19.8 Å². The lowest BCUT2D eigenvalue weighted by Crippen LogP contribution is -2.07. The number of hydrogen-bond donors (Lipinski definition) is 0. The second kappa shape index (κ2) is 4.42. The van der Waals surface area contributed by atoms with Crippen LogP contribution in [0.3, 0.4) is 0 Å². The van der Waals surface area contributed by atoms with Crippen molar-refractivity contribution in [3.05, 3.63) is 29.1 Å². The SMILES string of the molecule is COC(=O)c1c(F)cc(OC)cc1C#N. The van der Waals surface area contributed by atoms with Crippen LogP contribution in [0.2, 0.25) is 0 Å². The van der Waals surface area contributed by atoms with Crippen LogP contribution in [-0.4, -0.2) is 20.2 Å². The van der Waals surface area contributed by atoms with Gasteiger partial charge < -0.3 is 9.47 Å². The number of hydrogen-bond acceptors (Lipinski definition) is 4. The van der Waals surface area contributed by atoms with Crippen molar-refractivity contribution < 1.29 is 18.7 Å². The van der Waals surface area contributed by atoms with E-state index in [0.717, 1.165) is 13.2 Å². The highest BCUT2D eigenvalue weighted by Crippen LogP contribution is 2.21. The lowest BCUT2D eigenvalue weighted by Gasteiger charge is -2.06. The number of carbonyl (C=O) groups excluding carboxylic acids is 1. The molecular formula is C10H8FNO3. The third-order valence-electron chi connectivity index (χ3n) is 1.81. The van der Waals surface area contributed by atoms with Crippen LogP contribution in [0.1, 0.15) is 15.9 Å². The summed E-state index contributed by atoms with van der Waals surface area (Å²) in [7, 11) is 2.46. The molecule has 0 bridgehead atoms. The molecule has 0 N–H and O–H groups in total. The molecule has 1 rings (SSSR count). The topological polar surface area (TPSA) is 59.3 Å². The summed E-state index contributed by atoms with van der Waals surface area (Å²) in [5, 5.41) is 8.73. The van der Waals surface area contributed by atoms with Crippen molar-refractivity contribution in [1.29, 1.82) is 5.26 Å². The molecule has 0 atom stereocenters. The number of rotatable bonds is 2. The molecule has 1 aromatic carbocycles. The van der Waals surface area contributed by atoms with Crippen molar-refractivity contribution in [1.82, 2.24) is 0 Å². The van der Waals surface area contributed by atoms with Crippen molar-refractivity contribution in [2.75, 3.05) is 14.2 Å². The number of benzene rings is 1. The molecule has 0 fully saturated rings. The van der Waals surface area contributed by atoms with Crippen molar-refractivity contribution in [3.8, 4) is 11.8 Å². The molecule has 0 aromatic heterocycles. The number of esters is 1. The van der Waals surface area contributed by atoms with E-state index in [2.05, 4.69) is 4.74 Å². The summed E-state index contributed by atoms with van der Waals surface area (Å²) in [5.41, 5.74) is -0.487. The monoisotopic (exact) mass is 209 g/mol. The minimum Gasteiger partial charge on any atom is -0.497 e. The average Bonchev–Trinajstić information content (AvgIpc) is 2.26. The van der Waals surface area contributed by atoms with E-state index in [9.17, 15) is 9.18 Å². The fourth-order valence-electron chi connectivity index (χ4n) is 1.10. The zero-order valence-electron chi connectivity index (χ0n) is 8.20. The predicted octanol–water partition coefficient (Wildman–Crippen LogP) is 1.49. The molecule has 0 spiro atoms. The predicted molar refractivity (Wildman–Crippen MR) is 49.0 cm³/mol. The number of carbonyl (C=O) groups is 1. The molecule has 1 aromatic rings. The maximum atomic E-state index is 13.4. The molecule has 0 aliphatic heterocycles. The number of halogens is 1. The third kappa shape index (κ3) is 2.05. The Morgan fingerprint density at radius 3 is 2.60 bits per heavy atom. The minimum atomic E-state index is -0.883. The van der Waals surface area contributed by atoms with Crippen LogP contribution in [0.15, 0.2) is 12.1 Å². The van der Waals surface area contributed by atoms with E-state index in [1.807, 2.05) is 0 Å². The highest BCUT2D eigenvalue weighted by molar-refractivity contribution is 5.92. The first-order valence-electron chi connectivity index (χ1n) is 4.00. The van der Waals surface area contributed by atoms with Crippen LogP contribution in [0.5, 0.6) is 5.75 Å². The molecule has 0 radical (unpaired) electrons. The quantitative estimate of drug-likeness (QED) is 0.692. The maximum Gasteiger partial charge on any atom is 0.342 e. The number of nitriles is 1. The van der Waals surface area contributed by atoms with Gasteiger partial charge in [-0.3, -0.25) is 0 Å². The van der Waals surface area contributed by atoms with Crippen molar-refractivity contribution in [2.45, 2.75) is 0 Å². The van der Waals surface area contributed by atoms with E-state index in [1.165, 1.54) is 13.2 Å². The molecule has 4 nitrogen and oxygen atoms in total. The highest BCUT2D eigenvalue weighted by atomic mass is 19.1. The van der Waals surface area contributed by atoms with E-state index in [1.54, 1.807) is 6.07 Å². The first-order valence-corrected chi connectivity index (χ1v) is 4.00. The molecule has 0 saturated carbocycles. The Labute approximate surface area is 85.8 Å². The molecular weight excluding hydrogens is 201 g/mol. The van der Waals surface area contributed by atoms with E-state index < -0.39 is 11.8 Å². The molecule has 0 amide bonds. The van der Waals surface area contributed by atoms with Crippen molar-refractivity contribution in [3.63, 3.8) is 0 Å². The first-order chi connectivity index (χ1) is 7.13. The van der Waals surface area contributed by atoms with Crippen molar-refractivity contribution >= 4 is 5.97 Å². The Morgan fingerprint density at radius 1 is 1.47 bits per heavy atom. The van der Waals surface area contributed by atoms with Gasteiger partial charge in [-0.15, -0.1) is 0 Å². The second-order valence-corrected chi connectivity index (χ2v) is 2.64. The van der Waals surface area contributed by atoms with Gasteiger partial charge in [-0.2, -0.15) is 5.26 Å². The average molecular weight is 209 g/mol. The zero-order valence-corrected chi connectivity index (χ0v) is 8.20. The van der Waals surface area contributed by atoms with E-state index in [4.69, 9.17) is 10.00 Å². The first kappa shape index (κ1) is 11.0. The molecule has 0 aliphatic carbocycles. The molecule has 0 aliphatic rings. The van der Waals surface area contributed by atoms with Crippen LogP contribution in [-0.2, 0) is 4.74 Å². The Hall–Kier alpha value is -2.09. The second-order valence-electron chi connectivity index (χ2n) is 2.64. The van der Waals surface area contributed by atoms with Gasteiger partial charge >= 0.3 is 5.97 Å². The van der Waals surface area contributed by atoms with Crippen molar-refractivity contribution in [2.24, 2.45) is 0 Å². The Morgan fingerprint density at radius 2 is 2.13 bits per heavy atom. The summed E-state index contributed by atoms with van der Waals surface area (Å²) in [6.45, 7) is 0. The summed E-state index contributed by atoms with van der Waals surface area (Å²) in [4.78, 5) is 11.2. The minimum absolute atomic E-state index is 0.112. The summed E-state index contributed by atoms with van der Waals surface area (Å²) in [6, 6.07) is 4.00. The smallest absolute Gasteiger partial charge is 0.342 e. The van der Waals surface area contributed by atoms with Gasteiger partial charge in [0.2, 0.25) is 0 Å². The third-order valence-corrected chi connectivity index (χ3v) is 1.81. The molecule has 0 unspecified atom stereocenters. The molecule has 5 heteroatoms. The van der Waals surface area contributed by atoms with Crippen LogP contribution >= 0.6 is 0 Å². The number of methoxy groups -OCH3 is 2. The van der Waals surface area contributed by atoms with Gasteiger partial charge in [-0.05, 0) is 6.07 Å². The summed E-state index contributed by atoms with van der Waals surface area (Å²) < 4.78 is 22.5. The lowest BCUT2D eigenvalue weighted by molar-refractivity contribution is 0.0595. The van der Waals surface area contributed by atoms with Crippen LogP contribution in [0, 0.1) is 17.1 Å². The summed E-state index contributed by atoms with van der Waals surface area (Å²) in [5.74, 6) is -1.54. The van der Waals surface area contributed by atoms with E-state index in [-0.39, 0.29) is 16.9 Å². The maximum absolute atomic E-state index is 13.4. The Kier molecular flexibility index (Phi) is 3.24. The van der Waals surface area contributed by atoms with Gasteiger partial charge in [-0.1, -0.05) is 0 Å². The Balaban J connectivity index is 3.39. The van der Waals surface area contributed by atoms with Crippen LogP contribution < -0.4 is 4.74 Å².